The largest absolute Gasteiger partial charge is 0.497 e. The quantitative estimate of drug-likeness (QED) is 0.825. The van der Waals surface area contributed by atoms with E-state index in [9.17, 15) is 8.42 Å². The zero-order valence-corrected chi connectivity index (χ0v) is 12.5. The molecule has 0 bridgehead atoms. The highest BCUT2D eigenvalue weighted by molar-refractivity contribution is 7.89. The SMILES string of the molecule is COc1cccc(CCS(=O)(=O)NCC2CCCO2)c1. The Morgan fingerprint density at radius 3 is 3.00 bits per heavy atom. The van der Waals surface area contributed by atoms with Crippen LogP contribution in [0.5, 0.6) is 5.75 Å². The predicted molar refractivity (Wildman–Crippen MR) is 77.5 cm³/mol. The number of ether oxygens (including phenoxy) is 2. The van der Waals surface area contributed by atoms with Crippen molar-refractivity contribution in [1.29, 1.82) is 0 Å². The average molecular weight is 299 g/mol. The van der Waals surface area contributed by atoms with Crippen LogP contribution >= 0.6 is 0 Å². The van der Waals surface area contributed by atoms with Gasteiger partial charge in [-0.05, 0) is 37.0 Å². The Labute approximate surface area is 120 Å². The summed E-state index contributed by atoms with van der Waals surface area (Å²) in [5, 5.41) is 0. The molecule has 0 saturated carbocycles. The van der Waals surface area contributed by atoms with Crippen LogP contribution in [-0.4, -0.2) is 40.5 Å². The molecule has 0 aliphatic carbocycles. The highest BCUT2D eigenvalue weighted by Gasteiger charge is 2.18. The summed E-state index contributed by atoms with van der Waals surface area (Å²) < 4.78 is 37.0. The number of hydrogen-bond acceptors (Lipinski definition) is 4. The molecule has 6 heteroatoms. The second kappa shape index (κ2) is 7.06. The number of methoxy groups -OCH3 is 1. The lowest BCUT2D eigenvalue weighted by Gasteiger charge is -2.11. The van der Waals surface area contributed by atoms with Gasteiger partial charge in [-0.15, -0.1) is 0 Å². The zero-order chi connectivity index (χ0) is 14.4. The van der Waals surface area contributed by atoms with Crippen molar-refractivity contribution in [3.8, 4) is 5.75 Å². The van der Waals surface area contributed by atoms with Crippen molar-refractivity contribution < 1.29 is 17.9 Å². The molecular weight excluding hydrogens is 278 g/mol. The highest BCUT2D eigenvalue weighted by Crippen LogP contribution is 2.14. The van der Waals surface area contributed by atoms with E-state index in [1.165, 1.54) is 0 Å². The van der Waals surface area contributed by atoms with Gasteiger partial charge in [0.25, 0.3) is 0 Å². The predicted octanol–water partition coefficient (Wildman–Crippen LogP) is 1.34. The zero-order valence-electron chi connectivity index (χ0n) is 11.7. The first-order chi connectivity index (χ1) is 9.59. The van der Waals surface area contributed by atoms with E-state index in [0.29, 0.717) is 13.0 Å². The van der Waals surface area contributed by atoms with E-state index < -0.39 is 10.0 Å². The Morgan fingerprint density at radius 2 is 2.30 bits per heavy atom. The number of nitrogens with one attached hydrogen (secondary N) is 1. The molecule has 1 N–H and O–H groups in total. The first-order valence-electron chi connectivity index (χ1n) is 6.81. The number of aryl methyl sites for hydroxylation is 1. The third-order valence-corrected chi connectivity index (χ3v) is 4.70. The standard InChI is InChI=1S/C14H21NO4S/c1-18-13-5-2-4-12(10-13)7-9-20(16,17)15-11-14-6-3-8-19-14/h2,4-5,10,14-15H,3,6-9,11H2,1H3. The minimum absolute atomic E-state index is 0.0293. The maximum atomic E-state index is 11.9. The van der Waals surface area contributed by atoms with Gasteiger partial charge in [-0.25, -0.2) is 13.1 Å². The molecule has 1 aromatic rings. The van der Waals surface area contributed by atoms with Gasteiger partial charge in [0.2, 0.25) is 10.0 Å². The number of benzene rings is 1. The molecule has 1 atom stereocenters. The summed E-state index contributed by atoms with van der Waals surface area (Å²) in [5.41, 5.74) is 0.951. The average Bonchev–Trinajstić information content (AvgIpc) is 2.97. The van der Waals surface area contributed by atoms with Crippen molar-refractivity contribution in [1.82, 2.24) is 4.72 Å². The van der Waals surface area contributed by atoms with Crippen LogP contribution < -0.4 is 9.46 Å². The molecule has 1 aromatic carbocycles. The minimum atomic E-state index is -3.26. The third kappa shape index (κ3) is 4.77. The first kappa shape index (κ1) is 15.3. The summed E-state index contributed by atoms with van der Waals surface area (Å²) >= 11 is 0. The van der Waals surface area contributed by atoms with Gasteiger partial charge in [-0.2, -0.15) is 0 Å². The Hall–Kier alpha value is -1.11. The van der Waals surface area contributed by atoms with Gasteiger partial charge in [0.15, 0.2) is 0 Å². The summed E-state index contributed by atoms with van der Waals surface area (Å²) in [7, 11) is -1.66. The molecule has 2 rings (SSSR count). The van der Waals surface area contributed by atoms with Gasteiger partial charge < -0.3 is 9.47 Å². The van der Waals surface area contributed by atoms with Gasteiger partial charge in [0.1, 0.15) is 5.75 Å². The molecule has 1 heterocycles. The lowest BCUT2D eigenvalue weighted by Crippen LogP contribution is -2.33. The molecule has 20 heavy (non-hydrogen) atoms. The monoisotopic (exact) mass is 299 g/mol. The van der Waals surface area contributed by atoms with Crippen molar-refractivity contribution in [2.24, 2.45) is 0 Å². The molecule has 1 unspecified atom stereocenters. The maximum Gasteiger partial charge on any atom is 0.212 e. The topological polar surface area (TPSA) is 64.6 Å². The number of rotatable bonds is 7. The maximum absolute atomic E-state index is 11.9. The van der Waals surface area contributed by atoms with Crippen molar-refractivity contribution in [2.75, 3.05) is 26.0 Å². The summed E-state index contributed by atoms with van der Waals surface area (Å²) in [6.45, 7) is 1.11. The molecule has 1 saturated heterocycles. The molecular formula is C14H21NO4S. The van der Waals surface area contributed by atoms with E-state index in [2.05, 4.69) is 4.72 Å². The van der Waals surface area contributed by atoms with Crippen molar-refractivity contribution in [3.63, 3.8) is 0 Å². The summed E-state index contributed by atoms with van der Waals surface area (Å²) in [6.07, 6.45) is 2.44. The van der Waals surface area contributed by atoms with E-state index in [-0.39, 0.29) is 11.9 Å². The van der Waals surface area contributed by atoms with Gasteiger partial charge >= 0.3 is 0 Å². The van der Waals surface area contributed by atoms with E-state index >= 15 is 0 Å². The molecule has 112 valence electrons. The Morgan fingerprint density at radius 1 is 1.45 bits per heavy atom. The summed E-state index contributed by atoms with van der Waals surface area (Å²) in [4.78, 5) is 0. The second-order valence-corrected chi connectivity index (χ2v) is 6.83. The fraction of sp³-hybridized carbons (Fsp3) is 0.571. The Balaban J connectivity index is 1.81. The van der Waals surface area contributed by atoms with Gasteiger partial charge in [0, 0.05) is 13.2 Å². The van der Waals surface area contributed by atoms with Gasteiger partial charge in [-0.3, -0.25) is 0 Å². The fourth-order valence-corrected chi connectivity index (χ4v) is 3.27. The third-order valence-electron chi connectivity index (χ3n) is 3.35. The van der Waals surface area contributed by atoms with E-state index in [0.717, 1.165) is 30.8 Å². The molecule has 0 radical (unpaired) electrons. The van der Waals surface area contributed by atoms with Crippen LogP contribution in [0.4, 0.5) is 0 Å². The molecule has 1 aliphatic heterocycles. The number of hydrogen-bond donors (Lipinski definition) is 1. The smallest absolute Gasteiger partial charge is 0.212 e. The summed E-state index contributed by atoms with van der Waals surface area (Å²) in [5.74, 6) is 0.819. The molecule has 5 nitrogen and oxygen atoms in total. The highest BCUT2D eigenvalue weighted by atomic mass is 32.2. The molecule has 0 spiro atoms. The van der Waals surface area contributed by atoms with Crippen molar-refractivity contribution in [3.05, 3.63) is 29.8 Å². The van der Waals surface area contributed by atoms with Crippen LogP contribution in [0.1, 0.15) is 18.4 Å². The van der Waals surface area contributed by atoms with Crippen LogP contribution in [0.25, 0.3) is 0 Å². The number of sulfonamides is 1. The van der Waals surface area contributed by atoms with Crippen LogP contribution in [0, 0.1) is 0 Å². The van der Waals surface area contributed by atoms with E-state index in [1.807, 2.05) is 24.3 Å². The normalized spacial score (nSPS) is 19.1. The van der Waals surface area contributed by atoms with E-state index in [1.54, 1.807) is 7.11 Å². The lowest BCUT2D eigenvalue weighted by molar-refractivity contribution is 0.114. The molecule has 0 aromatic heterocycles. The first-order valence-corrected chi connectivity index (χ1v) is 8.46. The minimum Gasteiger partial charge on any atom is -0.497 e. The van der Waals surface area contributed by atoms with E-state index in [4.69, 9.17) is 9.47 Å². The van der Waals surface area contributed by atoms with Gasteiger partial charge in [-0.1, -0.05) is 12.1 Å². The fourth-order valence-electron chi connectivity index (χ4n) is 2.18. The van der Waals surface area contributed by atoms with Crippen LogP contribution in [0.15, 0.2) is 24.3 Å². The molecule has 1 aliphatic rings. The van der Waals surface area contributed by atoms with Crippen LogP contribution in [0.2, 0.25) is 0 Å². The van der Waals surface area contributed by atoms with Crippen molar-refractivity contribution in [2.45, 2.75) is 25.4 Å². The Bertz CT molecular complexity index is 524. The van der Waals surface area contributed by atoms with Crippen LogP contribution in [-0.2, 0) is 21.2 Å². The second-order valence-electron chi connectivity index (χ2n) is 4.90. The van der Waals surface area contributed by atoms with Crippen molar-refractivity contribution >= 4 is 10.0 Å². The van der Waals surface area contributed by atoms with Crippen LogP contribution in [0.3, 0.4) is 0 Å². The molecule has 0 amide bonds. The Kier molecular flexibility index (Phi) is 5.39. The lowest BCUT2D eigenvalue weighted by atomic mass is 10.2. The summed E-state index contributed by atoms with van der Waals surface area (Å²) in [6, 6.07) is 7.46. The molecule has 1 fully saturated rings. The van der Waals surface area contributed by atoms with Gasteiger partial charge in [0.05, 0.1) is 19.0 Å².